The summed E-state index contributed by atoms with van der Waals surface area (Å²) < 4.78 is 13.9. The molecule has 0 atom stereocenters. The summed E-state index contributed by atoms with van der Waals surface area (Å²) in [6.07, 6.45) is 7.31. The zero-order valence-electron chi connectivity index (χ0n) is 25.7. The van der Waals surface area contributed by atoms with E-state index in [1.165, 1.54) is 0 Å². The van der Waals surface area contributed by atoms with Crippen LogP contribution in [0, 0.1) is 0 Å². The number of morpholine rings is 1. The molecule has 1 fully saturated rings. The third-order valence-electron chi connectivity index (χ3n) is 7.54. The molecular weight excluding hydrogens is 572 g/mol. The highest BCUT2D eigenvalue weighted by Crippen LogP contribution is 2.19. The van der Waals surface area contributed by atoms with Crippen LogP contribution in [0.3, 0.4) is 0 Å². The first kappa shape index (κ1) is 31.3. The van der Waals surface area contributed by atoms with Crippen LogP contribution in [0.1, 0.15) is 42.5 Å². The molecule has 11 heteroatoms. The lowest BCUT2D eigenvalue weighted by molar-refractivity contribution is 0.0383. The Morgan fingerprint density at radius 3 is 2.09 bits per heavy atom. The predicted molar refractivity (Wildman–Crippen MR) is 175 cm³/mol. The predicted octanol–water partition coefficient (Wildman–Crippen LogP) is 4.11. The molecule has 1 aliphatic rings. The van der Waals surface area contributed by atoms with Crippen LogP contribution < -0.4 is 20.7 Å². The van der Waals surface area contributed by atoms with Gasteiger partial charge in [-0.15, -0.1) is 0 Å². The molecular formula is C34H38N6O5. The van der Waals surface area contributed by atoms with Crippen LogP contribution in [0.15, 0.2) is 73.1 Å². The number of aromatic nitrogens is 2. The molecule has 1 aliphatic heterocycles. The van der Waals surface area contributed by atoms with Crippen molar-refractivity contribution in [3.05, 3.63) is 101 Å². The molecule has 45 heavy (non-hydrogen) atoms. The van der Waals surface area contributed by atoms with Gasteiger partial charge in [0.05, 0.1) is 31.7 Å². The average Bonchev–Trinajstić information content (AvgIpc) is 3.61. The van der Waals surface area contributed by atoms with Crippen LogP contribution in [0.4, 0.5) is 11.4 Å². The van der Waals surface area contributed by atoms with Gasteiger partial charge in [0.1, 0.15) is 17.1 Å². The van der Waals surface area contributed by atoms with Gasteiger partial charge in [0.25, 0.3) is 17.7 Å². The summed E-state index contributed by atoms with van der Waals surface area (Å²) in [6.45, 7) is 4.42. The van der Waals surface area contributed by atoms with E-state index in [4.69, 9.17) is 9.47 Å². The summed E-state index contributed by atoms with van der Waals surface area (Å²) >= 11 is 0. The van der Waals surface area contributed by atoms with Crippen molar-refractivity contribution in [3.8, 4) is 5.75 Å². The SMILES string of the molecule is COc1cccc(/C=C/c2ccc(C(=O)Nc3cc(C(=O)Nc4cc(C(=O)NCCN5CCOCC5)n(C)c4)n(C)c3)cc2)c1. The van der Waals surface area contributed by atoms with Crippen molar-refractivity contribution < 1.29 is 23.9 Å². The van der Waals surface area contributed by atoms with Gasteiger partial charge in [0.2, 0.25) is 0 Å². The summed E-state index contributed by atoms with van der Waals surface area (Å²) in [5, 5.41) is 8.65. The van der Waals surface area contributed by atoms with Gasteiger partial charge in [-0.3, -0.25) is 19.3 Å². The van der Waals surface area contributed by atoms with E-state index in [0.717, 1.165) is 36.5 Å². The zero-order valence-corrected chi connectivity index (χ0v) is 25.7. The number of amides is 3. The minimum atomic E-state index is -0.366. The molecule has 11 nitrogen and oxygen atoms in total. The summed E-state index contributed by atoms with van der Waals surface area (Å²) in [7, 11) is 5.12. The number of carbonyl (C=O) groups excluding carboxylic acids is 3. The van der Waals surface area contributed by atoms with E-state index in [-0.39, 0.29) is 17.7 Å². The van der Waals surface area contributed by atoms with E-state index >= 15 is 0 Å². The number of hydrogen-bond acceptors (Lipinski definition) is 6. The number of ether oxygens (including phenoxy) is 2. The maximum Gasteiger partial charge on any atom is 0.272 e. The van der Waals surface area contributed by atoms with Gasteiger partial charge in [0, 0.05) is 58.2 Å². The van der Waals surface area contributed by atoms with E-state index in [1.54, 1.807) is 67.0 Å². The zero-order chi connectivity index (χ0) is 31.8. The van der Waals surface area contributed by atoms with Gasteiger partial charge in [-0.25, -0.2) is 0 Å². The smallest absolute Gasteiger partial charge is 0.272 e. The van der Waals surface area contributed by atoms with Crippen molar-refractivity contribution in [2.24, 2.45) is 14.1 Å². The lowest BCUT2D eigenvalue weighted by Gasteiger charge is -2.26. The maximum absolute atomic E-state index is 13.1. The number of nitrogens with one attached hydrogen (secondary N) is 3. The van der Waals surface area contributed by atoms with Crippen LogP contribution >= 0.6 is 0 Å². The Bertz CT molecular complexity index is 1680. The average molecular weight is 611 g/mol. The summed E-state index contributed by atoms with van der Waals surface area (Å²) in [4.78, 5) is 41.0. The second-order valence-electron chi connectivity index (χ2n) is 10.8. The molecule has 0 radical (unpaired) electrons. The lowest BCUT2D eigenvalue weighted by atomic mass is 10.1. The fraction of sp³-hybridized carbons (Fsp3) is 0.265. The number of rotatable bonds is 11. The molecule has 0 bridgehead atoms. The molecule has 0 unspecified atom stereocenters. The summed E-state index contributed by atoms with van der Waals surface area (Å²) in [6, 6.07) is 18.2. The highest BCUT2D eigenvalue weighted by molar-refractivity contribution is 6.07. The fourth-order valence-electron chi connectivity index (χ4n) is 5.04. The molecule has 1 saturated heterocycles. The summed E-state index contributed by atoms with van der Waals surface area (Å²) in [5.74, 6) is -0.0792. The van der Waals surface area contributed by atoms with Crippen molar-refractivity contribution in [2.45, 2.75) is 0 Å². The number of hydrogen-bond donors (Lipinski definition) is 3. The van der Waals surface area contributed by atoms with E-state index in [2.05, 4.69) is 20.9 Å². The Hall–Kier alpha value is -5.13. The second kappa shape index (κ2) is 14.6. The summed E-state index contributed by atoms with van der Waals surface area (Å²) in [5.41, 5.74) is 4.22. The molecule has 0 saturated carbocycles. The van der Waals surface area contributed by atoms with E-state index in [0.29, 0.717) is 48.1 Å². The van der Waals surface area contributed by atoms with Crippen molar-refractivity contribution >= 4 is 41.2 Å². The number of aryl methyl sites for hydroxylation is 2. The molecule has 3 heterocycles. The highest BCUT2D eigenvalue weighted by Gasteiger charge is 2.18. The van der Waals surface area contributed by atoms with Crippen LogP contribution in [-0.4, -0.2) is 78.3 Å². The molecule has 5 rings (SSSR count). The van der Waals surface area contributed by atoms with Crippen molar-refractivity contribution in [1.29, 1.82) is 0 Å². The molecule has 2 aromatic heterocycles. The number of nitrogens with zero attached hydrogens (tertiary/aromatic N) is 3. The Labute approximate surface area is 262 Å². The number of benzene rings is 2. The minimum absolute atomic E-state index is 0.212. The lowest BCUT2D eigenvalue weighted by Crippen LogP contribution is -2.41. The third-order valence-corrected chi connectivity index (χ3v) is 7.54. The topological polar surface area (TPSA) is 119 Å². The first-order valence-electron chi connectivity index (χ1n) is 14.7. The Kier molecular flexibility index (Phi) is 10.1. The van der Waals surface area contributed by atoms with Gasteiger partial charge in [0.15, 0.2) is 0 Å². The molecule has 3 N–H and O–H groups in total. The van der Waals surface area contributed by atoms with Crippen LogP contribution in [-0.2, 0) is 18.8 Å². The monoisotopic (exact) mass is 610 g/mol. The number of methoxy groups -OCH3 is 1. The molecule has 2 aromatic carbocycles. The first-order chi connectivity index (χ1) is 21.8. The van der Waals surface area contributed by atoms with Crippen LogP contribution in [0.25, 0.3) is 12.2 Å². The number of carbonyl (C=O) groups is 3. The quantitative estimate of drug-likeness (QED) is 0.220. The standard InChI is InChI=1S/C34H38N6O5/c1-38-23-28(20-30(38)33(42)35-13-14-40-15-17-45-18-16-40)37-34(43)31-21-27(22-39(31)2)36-32(41)26-11-9-24(10-12-26)7-8-25-5-4-6-29(19-25)44-3/h4-12,19-23H,13-18H2,1-3H3,(H,35,42)(H,36,41)(H,37,43)/b8-7+. The van der Waals surface area contributed by atoms with Gasteiger partial charge < -0.3 is 34.6 Å². The van der Waals surface area contributed by atoms with E-state index in [1.807, 2.05) is 48.6 Å². The Morgan fingerprint density at radius 1 is 0.800 bits per heavy atom. The first-order valence-corrected chi connectivity index (χ1v) is 14.7. The molecule has 4 aromatic rings. The number of anilines is 2. The third kappa shape index (κ3) is 8.28. The second-order valence-corrected chi connectivity index (χ2v) is 10.8. The van der Waals surface area contributed by atoms with Crippen molar-refractivity contribution in [1.82, 2.24) is 19.4 Å². The van der Waals surface area contributed by atoms with Gasteiger partial charge in [-0.2, -0.15) is 0 Å². The van der Waals surface area contributed by atoms with Gasteiger partial charge in [-0.1, -0.05) is 36.4 Å². The van der Waals surface area contributed by atoms with Crippen molar-refractivity contribution in [2.75, 3.05) is 57.1 Å². The molecule has 0 spiro atoms. The normalized spacial score (nSPS) is 13.5. The van der Waals surface area contributed by atoms with E-state index in [9.17, 15) is 14.4 Å². The van der Waals surface area contributed by atoms with Gasteiger partial charge in [-0.05, 0) is 47.5 Å². The highest BCUT2D eigenvalue weighted by atomic mass is 16.5. The van der Waals surface area contributed by atoms with Crippen LogP contribution in [0.5, 0.6) is 5.75 Å². The molecule has 0 aliphatic carbocycles. The van der Waals surface area contributed by atoms with Gasteiger partial charge >= 0.3 is 0 Å². The van der Waals surface area contributed by atoms with Crippen LogP contribution in [0.2, 0.25) is 0 Å². The van der Waals surface area contributed by atoms with Crippen molar-refractivity contribution in [3.63, 3.8) is 0 Å². The molecule has 3 amide bonds. The Balaban J connectivity index is 1.14. The van der Waals surface area contributed by atoms with E-state index < -0.39 is 0 Å². The maximum atomic E-state index is 13.1. The fourth-order valence-corrected chi connectivity index (χ4v) is 5.04. The minimum Gasteiger partial charge on any atom is -0.497 e. The largest absolute Gasteiger partial charge is 0.497 e. The Morgan fingerprint density at radius 2 is 1.42 bits per heavy atom. The molecule has 234 valence electrons.